The van der Waals surface area contributed by atoms with Gasteiger partial charge in [-0.1, -0.05) is 18.0 Å². The zero-order chi connectivity index (χ0) is 11.8. The second-order valence-corrected chi connectivity index (χ2v) is 4.75. The second-order valence-electron chi connectivity index (χ2n) is 4.75. The van der Waals surface area contributed by atoms with Crippen LogP contribution in [0.1, 0.15) is 31.4 Å². The lowest BCUT2D eigenvalue weighted by atomic mass is 10.1. The highest BCUT2D eigenvalue weighted by atomic mass is 16.5. The van der Waals surface area contributed by atoms with Crippen molar-refractivity contribution >= 4 is 0 Å². The average molecular weight is 237 g/mol. The molecule has 0 aromatic carbocycles. The molecule has 1 aromatic heterocycles. The van der Waals surface area contributed by atoms with Gasteiger partial charge in [0.2, 0.25) is 0 Å². The Kier molecular flexibility index (Phi) is 5.52. The van der Waals surface area contributed by atoms with E-state index in [0.29, 0.717) is 0 Å². The first-order valence-electron chi connectivity index (χ1n) is 6.77. The lowest BCUT2D eigenvalue weighted by Crippen LogP contribution is -2.43. The number of aryl methyl sites for hydroxylation is 1. The largest absolute Gasteiger partial charge is 0.365 e. The van der Waals surface area contributed by atoms with Crippen LogP contribution in [0.25, 0.3) is 0 Å². The molecular formula is C13H23N3O. The van der Waals surface area contributed by atoms with E-state index in [2.05, 4.69) is 15.4 Å². The Morgan fingerprint density at radius 3 is 2.76 bits per heavy atom. The highest BCUT2D eigenvalue weighted by molar-refractivity contribution is 4.94. The Hall–Kier alpha value is -0.870. The molecule has 17 heavy (non-hydrogen) atoms. The average Bonchev–Trinajstić information content (AvgIpc) is 2.88. The summed E-state index contributed by atoms with van der Waals surface area (Å²) in [6.45, 7) is 6.03. The minimum absolute atomic E-state index is 1.06. The Morgan fingerprint density at radius 2 is 2.00 bits per heavy atom. The molecule has 2 rings (SSSR count). The summed E-state index contributed by atoms with van der Waals surface area (Å²) in [5.74, 6) is 0. The summed E-state index contributed by atoms with van der Waals surface area (Å²) in [5, 5.41) is 7.30. The Morgan fingerprint density at radius 1 is 1.18 bits per heavy atom. The predicted molar refractivity (Wildman–Crippen MR) is 68.0 cm³/mol. The normalized spacial score (nSPS) is 17.4. The van der Waals surface area contributed by atoms with E-state index in [1.807, 2.05) is 6.07 Å². The molecule has 0 aliphatic carbocycles. The first kappa shape index (κ1) is 12.6. The molecule has 0 saturated carbocycles. The molecule has 0 radical (unpaired) electrons. The summed E-state index contributed by atoms with van der Waals surface area (Å²) < 4.78 is 4.81. The topological polar surface area (TPSA) is 41.3 Å². The predicted octanol–water partition coefficient (Wildman–Crippen LogP) is 1.68. The van der Waals surface area contributed by atoms with Gasteiger partial charge in [0.25, 0.3) is 0 Å². The van der Waals surface area contributed by atoms with E-state index in [0.717, 1.165) is 25.2 Å². The van der Waals surface area contributed by atoms with E-state index in [1.165, 1.54) is 45.3 Å². The molecule has 0 amide bonds. The van der Waals surface area contributed by atoms with Gasteiger partial charge in [0.1, 0.15) is 6.26 Å². The van der Waals surface area contributed by atoms with Crippen LogP contribution in [0.4, 0.5) is 0 Å². The zero-order valence-corrected chi connectivity index (χ0v) is 10.5. The number of nitrogens with one attached hydrogen (secondary N) is 1. The maximum Gasteiger partial charge on any atom is 0.124 e. The third-order valence-electron chi connectivity index (χ3n) is 3.36. The molecule has 2 heterocycles. The van der Waals surface area contributed by atoms with E-state index in [4.69, 9.17) is 4.52 Å². The molecule has 0 bridgehead atoms. The number of nitrogens with zero attached hydrogens (tertiary/aromatic N) is 2. The fraction of sp³-hybridized carbons (Fsp3) is 0.769. The summed E-state index contributed by atoms with van der Waals surface area (Å²) in [6, 6.07) is 1.96. The molecule has 0 unspecified atom stereocenters. The van der Waals surface area contributed by atoms with Crippen molar-refractivity contribution in [3.8, 4) is 0 Å². The number of rotatable bonds is 7. The molecular weight excluding hydrogens is 214 g/mol. The molecule has 96 valence electrons. The van der Waals surface area contributed by atoms with Crippen molar-refractivity contribution in [3.63, 3.8) is 0 Å². The van der Waals surface area contributed by atoms with Gasteiger partial charge in [-0.25, -0.2) is 0 Å². The van der Waals surface area contributed by atoms with Gasteiger partial charge in [-0.05, 0) is 25.8 Å². The number of aromatic nitrogens is 1. The van der Waals surface area contributed by atoms with Gasteiger partial charge in [-0.2, -0.15) is 0 Å². The Labute approximate surface area is 103 Å². The summed E-state index contributed by atoms with van der Waals surface area (Å²) >= 11 is 0. The molecule has 0 spiro atoms. The van der Waals surface area contributed by atoms with Gasteiger partial charge >= 0.3 is 0 Å². The molecule has 1 aliphatic rings. The SMILES string of the molecule is c1cc(CCCCCCN2CCNCC2)no1. The monoisotopic (exact) mass is 237 g/mol. The van der Waals surface area contributed by atoms with Gasteiger partial charge in [0, 0.05) is 32.2 Å². The Balaban J connectivity index is 1.43. The number of hydrogen-bond donors (Lipinski definition) is 1. The van der Waals surface area contributed by atoms with E-state index < -0.39 is 0 Å². The number of unbranched alkanes of at least 4 members (excludes halogenated alkanes) is 3. The molecule has 1 fully saturated rings. The third kappa shape index (κ3) is 4.88. The smallest absolute Gasteiger partial charge is 0.124 e. The van der Waals surface area contributed by atoms with Crippen molar-refractivity contribution in [2.75, 3.05) is 32.7 Å². The van der Waals surface area contributed by atoms with E-state index in [1.54, 1.807) is 6.26 Å². The second kappa shape index (κ2) is 7.45. The highest BCUT2D eigenvalue weighted by Gasteiger charge is 2.07. The molecule has 1 aliphatic heterocycles. The number of hydrogen-bond acceptors (Lipinski definition) is 4. The van der Waals surface area contributed by atoms with Crippen LogP contribution >= 0.6 is 0 Å². The minimum Gasteiger partial charge on any atom is -0.365 e. The summed E-state index contributed by atoms with van der Waals surface area (Å²) in [6.07, 6.45) is 7.91. The summed E-state index contributed by atoms with van der Waals surface area (Å²) in [5.41, 5.74) is 1.09. The van der Waals surface area contributed by atoms with E-state index >= 15 is 0 Å². The summed E-state index contributed by atoms with van der Waals surface area (Å²) in [7, 11) is 0. The molecule has 4 heteroatoms. The molecule has 4 nitrogen and oxygen atoms in total. The van der Waals surface area contributed by atoms with Crippen LogP contribution in [0.5, 0.6) is 0 Å². The van der Waals surface area contributed by atoms with Gasteiger partial charge < -0.3 is 14.7 Å². The number of piperazine rings is 1. The van der Waals surface area contributed by atoms with Crippen molar-refractivity contribution in [2.24, 2.45) is 0 Å². The van der Waals surface area contributed by atoms with Crippen LogP contribution in [-0.4, -0.2) is 42.8 Å². The highest BCUT2D eigenvalue weighted by Crippen LogP contribution is 2.07. The quantitative estimate of drug-likeness (QED) is 0.733. The fourth-order valence-electron chi connectivity index (χ4n) is 2.30. The van der Waals surface area contributed by atoms with Gasteiger partial charge in [0.05, 0.1) is 5.69 Å². The molecule has 1 aromatic rings. The van der Waals surface area contributed by atoms with Crippen molar-refractivity contribution in [3.05, 3.63) is 18.0 Å². The van der Waals surface area contributed by atoms with Gasteiger partial charge in [-0.3, -0.25) is 0 Å². The van der Waals surface area contributed by atoms with Gasteiger partial charge in [0.15, 0.2) is 0 Å². The van der Waals surface area contributed by atoms with Crippen molar-refractivity contribution in [1.82, 2.24) is 15.4 Å². The van der Waals surface area contributed by atoms with Crippen LogP contribution in [-0.2, 0) is 6.42 Å². The first-order valence-corrected chi connectivity index (χ1v) is 6.77. The maximum atomic E-state index is 4.81. The standard InChI is InChI=1S/C13H23N3O/c1(3-5-13-6-12-17-15-13)2-4-9-16-10-7-14-8-11-16/h6,12,14H,1-5,7-11H2. The zero-order valence-electron chi connectivity index (χ0n) is 10.5. The summed E-state index contributed by atoms with van der Waals surface area (Å²) in [4.78, 5) is 2.56. The maximum absolute atomic E-state index is 4.81. The van der Waals surface area contributed by atoms with Crippen molar-refractivity contribution in [2.45, 2.75) is 32.1 Å². The van der Waals surface area contributed by atoms with Crippen LogP contribution in [0.15, 0.2) is 16.9 Å². The fourth-order valence-corrected chi connectivity index (χ4v) is 2.30. The van der Waals surface area contributed by atoms with Crippen LogP contribution in [0.3, 0.4) is 0 Å². The third-order valence-corrected chi connectivity index (χ3v) is 3.36. The van der Waals surface area contributed by atoms with E-state index in [-0.39, 0.29) is 0 Å². The molecule has 1 saturated heterocycles. The van der Waals surface area contributed by atoms with Crippen molar-refractivity contribution < 1.29 is 4.52 Å². The van der Waals surface area contributed by atoms with Gasteiger partial charge in [-0.15, -0.1) is 0 Å². The van der Waals surface area contributed by atoms with Crippen molar-refractivity contribution in [1.29, 1.82) is 0 Å². The molecule has 1 N–H and O–H groups in total. The minimum atomic E-state index is 1.06. The lowest BCUT2D eigenvalue weighted by Gasteiger charge is -2.26. The van der Waals surface area contributed by atoms with E-state index in [9.17, 15) is 0 Å². The molecule has 0 atom stereocenters. The van der Waals surface area contributed by atoms with Crippen LogP contribution < -0.4 is 5.32 Å². The van der Waals surface area contributed by atoms with Crippen LogP contribution in [0.2, 0.25) is 0 Å². The van der Waals surface area contributed by atoms with Crippen LogP contribution in [0, 0.1) is 0 Å². The first-order chi connectivity index (χ1) is 8.45. The lowest BCUT2D eigenvalue weighted by molar-refractivity contribution is 0.236. The Bertz CT molecular complexity index is 281.